The largest absolute Gasteiger partial charge is 0.497 e. The Morgan fingerprint density at radius 3 is 2.69 bits per heavy atom. The third kappa shape index (κ3) is 5.80. The summed E-state index contributed by atoms with van der Waals surface area (Å²) < 4.78 is 22.8. The highest BCUT2D eigenvalue weighted by Gasteiger charge is 2.46. The SMILES string of the molecule is COc1ccc(N[C@H]([C@H]2COC(C)(C)O2)[C@@H]2C=CC(=O)N2C(=O)OCc2ccccc2)c(SC)c1. The molecule has 1 N–H and O–H groups in total. The lowest BCUT2D eigenvalue weighted by molar-refractivity contribution is -0.141. The molecule has 2 aliphatic heterocycles. The number of carbonyl (C=O) groups is 2. The Labute approximate surface area is 209 Å². The van der Waals surface area contributed by atoms with Gasteiger partial charge in [0.05, 0.1) is 25.8 Å². The molecule has 35 heavy (non-hydrogen) atoms. The molecular formula is C26H30N2O6S. The molecule has 2 heterocycles. The first-order chi connectivity index (χ1) is 16.8. The molecule has 1 fully saturated rings. The van der Waals surface area contributed by atoms with E-state index < -0.39 is 36.0 Å². The zero-order valence-corrected chi connectivity index (χ0v) is 21.0. The number of anilines is 1. The number of carbonyl (C=O) groups excluding carboxylic acids is 2. The van der Waals surface area contributed by atoms with Gasteiger partial charge >= 0.3 is 6.09 Å². The van der Waals surface area contributed by atoms with Crippen LogP contribution in [0.2, 0.25) is 0 Å². The van der Waals surface area contributed by atoms with Gasteiger partial charge in [-0.3, -0.25) is 4.79 Å². The van der Waals surface area contributed by atoms with Crippen LogP contribution in [-0.2, 0) is 25.6 Å². The van der Waals surface area contributed by atoms with Crippen molar-refractivity contribution in [2.75, 3.05) is 25.3 Å². The molecule has 0 bridgehead atoms. The first-order valence-electron chi connectivity index (χ1n) is 11.3. The van der Waals surface area contributed by atoms with Gasteiger partial charge in [0.2, 0.25) is 0 Å². The topological polar surface area (TPSA) is 86.3 Å². The lowest BCUT2D eigenvalue weighted by atomic mass is 10.0. The Morgan fingerprint density at radius 2 is 2.03 bits per heavy atom. The Morgan fingerprint density at radius 1 is 1.26 bits per heavy atom. The molecule has 3 atom stereocenters. The van der Waals surface area contributed by atoms with Crippen LogP contribution in [0.25, 0.3) is 0 Å². The smallest absolute Gasteiger partial charge is 0.417 e. The summed E-state index contributed by atoms with van der Waals surface area (Å²) in [5, 5.41) is 3.52. The van der Waals surface area contributed by atoms with Gasteiger partial charge in [-0.05, 0) is 43.9 Å². The van der Waals surface area contributed by atoms with Crippen LogP contribution in [-0.4, -0.2) is 60.8 Å². The number of hydrogen-bond acceptors (Lipinski definition) is 8. The molecule has 9 heteroatoms. The normalized spacial score (nSPS) is 21.7. The van der Waals surface area contributed by atoms with E-state index in [-0.39, 0.29) is 6.61 Å². The van der Waals surface area contributed by atoms with Crippen LogP contribution in [0.1, 0.15) is 19.4 Å². The Hall–Kier alpha value is -3.01. The molecule has 0 aromatic heterocycles. The molecular weight excluding hydrogens is 468 g/mol. The number of thioether (sulfide) groups is 1. The summed E-state index contributed by atoms with van der Waals surface area (Å²) in [6.07, 6.45) is 3.94. The number of nitrogens with zero attached hydrogens (tertiary/aromatic N) is 1. The molecule has 0 saturated carbocycles. The van der Waals surface area contributed by atoms with Gasteiger partial charge in [0, 0.05) is 16.7 Å². The van der Waals surface area contributed by atoms with E-state index in [1.807, 2.05) is 68.6 Å². The number of rotatable bonds is 8. The predicted molar refractivity (Wildman–Crippen MR) is 133 cm³/mol. The van der Waals surface area contributed by atoms with Crippen molar-refractivity contribution in [1.29, 1.82) is 0 Å². The molecule has 0 radical (unpaired) electrons. The van der Waals surface area contributed by atoms with Gasteiger partial charge in [0.25, 0.3) is 5.91 Å². The fourth-order valence-corrected chi connectivity index (χ4v) is 4.74. The van der Waals surface area contributed by atoms with E-state index in [9.17, 15) is 9.59 Å². The Balaban J connectivity index is 1.60. The van der Waals surface area contributed by atoms with Crippen LogP contribution in [0.15, 0.2) is 65.6 Å². The zero-order chi connectivity index (χ0) is 25.0. The first-order valence-corrected chi connectivity index (χ1v) is 12.6. The van der Waals surface area contributed by atoms with E-state index in [0.29, 0.717) is 6.61 Å². The number of hydrogen-bond donors (Lipinski definition) is 1. The summed E-state index contributed by atoms with van der Waals surface area (Å²) >= 11 is 1.56. The number of ether oxygens (including phenoxy) is 4. The maximum absolute atomic E-state index is 13.1. The van der Waals surface area contributed by atoms with E-state index in [4.69, 9.17) is 18.9 Å². The minimum absolute atomic E-state index is 0.0689. The molecule has 186 valence electrons. The van der Waals surface area contributed by atoms with Crippen molar-refractivity contribution in [3.63, 3.8) is 0 Å². The summed E-state index contributed by atoms with van der Waals surface area (Å²) in [4.78, 5) is 27.9. The van der Waals surface area contributed by atoms with Crippen molar-refractivity contribution < 1.29 is 28.5 Å². The summed E-state index contributed by atoms with van der Waals surface area (Å²) in [5.41, 5.74) is 1.67. The molecule has 2 aliphatic rings. The lowest BCUT2D eigenvalue weighted by Gasteiger charge is -2.34. The van der Waals surface area contributed by atoms with Crippen molar-refractivity contribution in [2.24, 2.45) is 0 Å². The number of benzene rings is 2. The van der Waals surface area contributed by atoms with Gasteiger partial charge in [-0.15, -0.1) is 11.8 Å². The second kappa shape index (κ2) is 10.7. The number of imide groups is 1. The second-order valence-corrected chi connectivity index (χ2v) is 9.55. The first kappa shape index (κ1) is 25.1. The van der Waals surface area contributed by atoms with E-state index in [1.54, 1.807) is 24.9 Å². The van der Waals surface area contributed by atoms with E-state index in [1.165, 1.54) is 6.08 Å². The average Bonchev–Trinajstić information content (AvgIpc) is 3.43. The quantitative estimate of drug-likeness (QED) is 0.534. The van der Waals surface area contributed by atoms with Gasteiger partial charge < -0.3 is 24.3 Å². The fourth-order valence-electron chi connectivity index (χ4n) is 4.16. The minimum atomic E-state index is -0.780. The van der Waals surface area contributed by atoms with Gasteiger partial charge in [-0.2, -0.15) is 0 Å². The molecule has 0 spiro atoms. The van der Waals surface area contributed by atoms with E-state index in [2.05, 4.69) is 5.32 Å². The van der Waals surface area contributed by atoms with Gasteiger partial charge in [0.15, 0.2) is 5.79 Å². The van der Waals surface area contributed by atoms with Crippen molar-refractivity contribution in [3.05, 3.63) is 66.2 Å². The molecule has 2 aromatic carbocycles. The second-order valence-electron chi connectivity index (χ2n) is 8.70. The number of nitrogens with one attached hydrogen (secondary N) is 1. The Kier molecular flexibility index (Phi) is 7.69. The average molecular weight is 499 g/mol. The van der Waals surface area contributed by atoms with Gasteiger partial charge in [-0.1, -0.05) is 36.4 Å². The van der Waals surface area contributed by atoms with Gasteiger partial charge in [0.1, 0.15) is 18.5 Å². The van der Waals surface area contributed by atoms with Crippen LogP contribution < -0.4 is 10.1 Å². The molecule has 2 amide bonds. The van der Waals surface area contributed by atoms with Crippen LogP contribution in [0, 0.1) is 0 Å². The van der Waals surface area contributed by atoms with Crippen molar-refractivity contribution >= 4 is 29.4 Å². The zero-order valence-electron chi connectivity index (χ0n) is 20.2. The fraction of sp³-hybridized carbons (Fsp3) is 0.385. The molecule has 2 aromatic rings. The third-order valence-electron chi connectivity index (χ3n) is 5.90. The Bertz CT molecular complexity index is 1090. The highest BCUT2D eigenvalue weighted by atomic mass is 32.2. The van der Waals surface area contributed by atoms with E-state index >= 15 is 0 Å². The predicted octanol–water partition coefficient (Wildman–Crippen LogP) is 4.45. The lowest BCUT2D eigenvalue weighted by Crippen LogP contribution is -2.54. The van der Waals surface area contributed by atoms with Crippen LogP contribution in [0.5, 0.6) is 5.75 Å². The third-order valence-corrected chi connectivity index (χ3v) is 6.68. The summed E-state index contributed by atoms with van der Waals surface area (Å²) in [6, 6.07) is 13.9. The summed E-state index contributed by atoms with van der Waals surface area (Å²) in [5.74, 6) is -0.476. The maximum atomic E-state index is 13.1. The monoisotopic (exact) mass is 498 g/mol. The van der Waals surface area contributed by atoms with Crippen molar-refractivity contribution in [2.45, 2.75) is 49.3 Å². The molecule has 0 unspecified atom stereocenters. The highest BCUT2D eigenvalue weighted by Crippen LogP contribution is 2.34. The summed E-state index contributed by atoms with van der Waals surface area (Å²) in [7, 11) is 1.62. The molecule has 1 saturated heterocycles. The van der Waals surface area contributed by atoms with Crippen LogP contribution in [0.4, 0.5) is 10.5 Å². The van der Waals surface area contributed by atoms with E-state index in [0.717, 1.165) is 26.8 Å². The standard InChI is InChI=1S/C26H30N2O6S/c1-26(2)33-16-21(34-26)24(27-19-11-10-18(31-3)14-22(19)35-4)20-12-13-23(29)28(20)25(30)32-15-17-8-6-5-7-9-17/h5-14,20-21,24,27H,15-16H2,1-4H3/t20-,21+,24-/m0/s1. The minimum Gasteiger partial charge on any atom is -0.497 e. The number of methoxy groups -OCH3 is 1. The van der Waals surface area contributed by atoms with Crippen molar-refractivity contribution in [1.82, 2.24) is 4.90 Å². The van der Waals surface area contributed by atoms with Gasteiger partial charge in [-0.25, -0.2) is 9.69 Å². The number of amides is 2. The molecule has 8 nitrogen and oxygen atoms in total. The van der Waals surface area contributed by atoms with Crippen LogP contribution in [0.3, 0.4) is 0 Å². The van der Waals surface area contributed by atoms with Crippen LogP contribution >= 0.6 is 11.8 Å². The summed E-state index contributed by atoms with van der Waals surface area (Å²) in [6.45, 7) is 4.05. The maximum Gasteiger partial charge on any atom is 0.417 e. The molecule has 4 rings (SSSR count). The van der Waals surface area contributed by atoms with Crippen molar-refractivity contribution in [3.8, 4) is 5.75 Å². The molecule has 0 aliphatic carbocycles. The highest BCUT2D eigenvalue weighted by molar-refractivity contribution is 7.98.